The highest BCUT2D eigenvalue weighted by molar-refractivity contribution is 5.99. The Balaban J connectivity index is 1.85. The van der Waals surface area contributed by atoms with Gasteiger partial charge in [-0.2, -0.15) is 0 Å². The second-order valence-electron chi connectivity index (χ2n) is 8.03. The molecule has 0 radical (unpaired) electrons. The lowest BCUT2D eigenvalue weighted by Crippen LogP contribution is -2.38. The summed E-state index contributed by atoms with van der Waals surface area (Å²) in [6, 6.07) is 10.3. The van der Waals surface area contributed by atoms with Gasteiger partial charge in [0.2, 0.25) is 5.91 Å². The molecular formula is C24H30FNO2. The van der Waals surface area contributed by atoms with Crippen LogP contribution in [0, 0.1) is 19.7 Å². The molecule has 2 aromatic carbocycles. The first-order valence-electron chi connectivity index (χ1n) is 10.2. The molecule has 0 bridgehead atoms. The minimum absolute atomic E-state index is 0.00833. The van der Waals surface area contributed by atoms with Crippen LogP contribution in [0.4, 0.5) is 10.1 Å². The highest BCUT2D eigenvalue weighted by Gasteiger charge is 2.42. The summed E-state index contributed by atoms with van der Waals surface area (Å²) in [5.74, 6) is 0.605. The van der Waals surface area contributed by atoms with Crippen LogP contribution < -0.4 is 10.1 Å². The number of carbonyl (C=O) groups is 1. The third kappa shape index (κ3) is 4.06. The fourth-order valence-electron chi connectivity index (χ4n) is 4.14. The average Bonchev–Trinajstić information content (AvgIpc) is 3.16. The zero-order chi connectivity index (χ0) is 20.3. The Labute approximate surface area is 167 Å². The summed E-state index contributed by atoms with van der Waals surface area (Å²) in [6.45, 7) is 8.17. The van der Waals surface area contributed by atoms with Gasteiger partial charge in [0, 0.05) is 5.69 Å². The normalized spacial score (nSPS) is 16.6. The molecule has 0 spiro atoms. The lowest BCUT2D eigenvalue weighted by Gasteiger charge is -2.28. The highest BCUT2D eigenvalue weighted by atomic mass is 19.1. The zero-order valence-corrected chi connectivity index (χ0v) is 17.3. The van der Waals surface area contributed by atoms with Gasteiger partial charge in [0.15, 0.2) is 0 Å². The smallest absolute Gasteiger partial charge is 0.235 e. The minimum Gasteiger partial charge on any atom is -0.490 e. The molecule has 1 saturated carbocycles. The Morgan fingerprint density at radius 1 is 1.14 bits per heavy atom. The van der Waals surface area contributed by atoms with Crippen LogP contribution in [0.1, 0.15) is 62.6 Å². The van der Waals surface area contributed by atoms with Crippen molar-refractivity contribution in [3.8, 4) is 5.75 Å². The number of amides is 1. The molecule has 0 aromatic heterocycles. The molecule has 2 aromatic rings. The molecule has 0 aliphatic heterocycles. The van der Waals surface area contributed by atoms with Gasteiger partial charge in [-0.05, 0) is 81.0 Å². The van der Waals surface area contributed by atoms with E-state index in [-0.39, 0.29) is 17.8 Å². The first kappa shape index (κ1) is 20.4. The SMILES string of the molecule is CCC(C)Oc1c(C)cc(NC(=O)C2(c3ccc(F)cc3)CCCC2)cc1C. The number of nitrogens with one attached hydrogen (secondary N) is 1. The van der Waals surface area contributed by atoms with Gasteiger partial charge in [-0.1, -0.05) is 31.9 Å². The number of rotatable bonds is 6. The van der Waals surface area contributed by atoms with E-state index in [2.05, 4.69) is 19.2 Å². The van der Waals surface area contributed by atoms with Gasteiger partial charge in [-0.25, -0.2) is 4.39 Å². The van der Waals surface area contributed by atoms with Crippen molar-refractivity contribution in [3.05, 3.63) is 58.9 Å². The van der Waals surface area contributed by atoms with Gasteiger partial charge in [0.05, 0.1) is 11.5 Å². The Morgan fingerprint density at radius 3 is 2.25 bits per heavy atom. The summed E-state index contributed by atoms with van der Waals surface area (Å²) < 4.78 is 19.4. The van der Waals surface area contributed by atoms with Crippen LogP contribution >= 0.6 is 0 Å². The lowest BCUT2D eigenvalue weighted by molar-refractivity contribution is -0.121. The van der Waals surface area contributed by atoms with Gasteiger partial charge in [-0.3, -0.25) is 4.79 Å². The Hall–Kier alpha value is -2.36. The highest BCUT2D eigenvalue weighted by Crippen LogP contribution is 2.42. The van der Waals surface area contributed by atoms with E-state index < -0.39 is 5.41 Å². The van der Waals surface area contributed by atoms with Gasteiger partial charge in [0.25, 0.3) is 0 Å². The third-order valence-electron chi connectivity index (χ3n) is 5.90. The molecule has 1 aliphatic rings. The van der Waals surface area contributed by atoms with Gasteiger partial charge >= 0.3 is 0 Å². The summed E-state index contributed by atoms with van der Waals surface area (Å²) in [7, 11) is 0. The van der Waals surface area contributed by atoms with E-state index in [1.807, 2.05) is 26.0 Å². The van der Waals surface area contributed by atoms with Crippen LogP contribution in [0.15, 0.2) is 36.4 Å². The van der Waals surface area contributed by atoms with E-state index in [9.17, 15) is 9.18 Å². The molecule has 1 unspecified atom stereocenters. The number of ether oxygens (including phenoxy) is 1. The zero-order valence-electron chi connectivity index (χ0n) is 17.3. The third-order valence-corrected chi connectivity index (χ3v) is 5.90. The molecule has 150 valence electrons. The van der Waals surface area contributed by atoms with E-state index in [0.717, 1.165) is 60.2 Å². The molecule has 28 heavy (non-hydrogen) atoms. The predicted octanol–water partition coefficient (Wildman–Crippen LogP) is 6.07. The number of benzene rings is 2. The fourth-order valence-corrected chi connectivity index (χ4v) is 4.14. The Kier molecular flexibility index (Phi) is 6.07. The largest absolute Gasteiger partial charge is 0.490 e. The predicted molar refractivity (Wildman–Crippen MR) is 111 cm³/mol. The van der Waals surface area contributed by atoms with Crippen LogP contribution in [0.2, 0.25) is 0 Å². The monoisotopic (exact) mass is 383 g/mol. The number of hydrogen-bond donors (Lipinski definition) is 1. The quantitative estimate of drug-likeness (QED) is 0.657. The van der Waals surface area contributed by atoms with E-state index in [1.165, 1.54) is 12.1 Å². The van der Waals surface area contributed by atoms with Crippen LogP contribution in [0.5, 0.6) is 5.75 Å². The van der Waals surface area contributed by atoms with Gasteiger partial charge in [0.1, 0.15) is 11.6 Å². The maximum absolute atomic E-state index is 13.4. The van der Waals surface area contributed by atoms with E-state index in [1.54, 1.807) is 12.1 Å². The van der Waals surface area contributed by atoms with Gasteiger partial charge < -0.3 is 10.1 Å². The lowest BCUT2D eigenvalue weighted by atomic mass is 9.78. The maximum Gasteiger partial charge on any atom is 0.235 e. The Morgan fingerprint density at radius 2 is 1.71 bits per heavy atom. The molecule has 1 atom stereocenters. The van der Waals surface area contributed by atoms with Crippen molar-refractivity contribution in [3.63, 3.8) is 0 Å². The van der Waals surface area contributed by atoms with E-state index in [4.69, 9.17) is 4.74 Å². The molecule has 3 rings (SSSR count). The number of carbonyl (C=O) groups excluding carboxylic acids is 1. The topological polar surface area (TPSA) is 38.3 Å². The minimum atomic E-state index is -0.582. The van der Waals surface area contributed by atoms with Crippen LogP contribution in [0.3, 0.4) is 0 Å². The maximum atomic E-state index is 13.4. The van der Waals surface area contributed by atoms with Crippen molar-refractivity contribution in [2.24, 2.45) is 0 Å². The molecule has 1 N–H and O–H groups in total. The van der Waals surface area contributed by atoms with Crippen molar-refractivity contribution in [1.82, 2.24) is 0 Å². The van der Waals surface area contributed by atoms with E-state index in [0.29, 0.717) is 0 Å². The molecule has 0 heterocycles. The molecule has 1 aliphatic carbocycles. The molecule has 1 fully saturated rings. The summed E-state index contributed by atoms with van der Waals surface area (Å²) in [5.41, 5.74) is 3.12. The van der Waals surface area contributed by atoms with Crippen molar-refractivity contribution < 1.29 is 13.9 Å². The summed E-state index contributed by atoms with van der Waals surface area (Å²) in [4.78, 5) is 13.3. The number of halogens is 1. The number of hydrogen-bond acceptors (Lipinski definition) is 2. The second kappa shape index (κ2) is 8.34. The Bertz CT molecular complexity index is 815. The van der Waals surface area contributed by atoms with Crippen LogP contribution in [0.25, 0.3) is 0 Å². The number of anilines is 1. The van der Waals surface area contributed by atoms with Crippen molar-refractivity contribution in [2.45, 2.75) is 71.3 Å². The van der Waals surface area contributed by atoms with Crippen molar-refractivity contribution >= 4 is 11.6 Å². The summed E-state index contributed by atoms with van der Waals surface area (Å²) >= 11 is 0. The van der Waals surface area contributed by atoms with Crippen molar-refractivity contribution in [2.75, 3.05) is 5.32 Å². The van der Waals surface area contributed by atoms with Crippen molar-refractivity contribution in [1.29, 1.82) is 0 Å². The molecule has 0 saturated heterocycles. The van der Waals surface area contributed by atoms with Crippen LogP contribution in [-0.4, -0.2) is 12.0 Å². The van der Waals surface area contributed by atoms with Gasteiger partial charge in [-0.15, -0.1) is 0 Å². The van der Waals surface area contributed by atoms with Crippen LogP contribution in [-0.2, 0) is 10.2 Å². The molecule has 1 amide bonds. The fraction of sp³-hybridized carbons (Fsp3) is 0.458. The summed E-state index contributed by atoms with van der Waals surface area (Å²) in [6.07, 6.45) is 4.68. The molecular weight excluding hydrogens is 353 g/mol. The average molecular weight is 384 g/mol. The van der Waals surface area contributed by atoms with E-state index >= 15 is 0 Å². The summed E-state index contributed by atoms with van der Waals surface area (Å²) in [5, 5.41) is 3.13. The molecule has 3 nitrogen and oxygen atoms in total. The standard InChI is InChI=1S/C24H30FNO2/c1-5-18(4)28-22-16(2)14-21(15-17(22)3)26-23(27)24(12-6-7-13-24)19-8-10-20(25)11-9-19/h8-11,14-15,18H,5-7,12-13H2,1-4H3,(H,26,27). The molecule has 4 heteroatoms. The number of aryl methyl sites for hydroxylation is 2. The first-order chi connectivity index (χ1) is 13.4. The second-order valence-corrected chi connectivity index (χ2v) is 8.03. The first-order valence-corrected chi connectivity index (χ1v) is 10.2.